The normalized spacial score (nSPS) is 19.1. The number of nitrogens with one attached hydrogen (secondary N) is 2. The van der Waals surface area contributed by atoms with Crippen LogP contribution in [-0.4, -0.2) is 27.3 Å². The number of hydrogen-bond donors (Lipinski definition) is 3. The summed E-state index contributed by atoms with van der Waals surface area (Å²) in [6.45, 7) is 8.88. The zero-order valence-electron chi connectivity index (χ0n) is 15.7. The lowest BCUT2D eigenvalue weighted by Gasteiger charge is -2.46. The van der Waals surface area contributed by atoms with E-state index in [0.717, 1.165) is 24.2 Å². The molecule has 2 heterocycles. The van der Waals surface area contributed by atoms with Gasteiger partial charge in [0.1, 0.15) is 11.5 Å². The molecule has 0 amide bonds. The molecule has 7 heteroatoms. The van der Waals surface area contributed by atoms with Crippen molar-refractivity contribution in [2.75, 3.05) is 11.1 Å². The van der Waals surface area contributed by atoms with E-state index in [4.69, 9.17) is 5.73 Å². The number of hydrogen-bond acceptors (Lipinski definition) is 7. The Hall–Kier alpha value is -2.54. The van der Waals surface area contributed by atoms with Gasteiger partial charge in [-0.15, -0.1) is 15.1 Å². The molecule has 0 radical (unpaired) electrons. The number of piperidine rings is 1. The molecule has 0 atom stereocenters. The highest BCUT2D eigenvalue weighted by atomic mass is 16.3. The molecule has 4 N–H and O–H groups in total. The van der Waals surface area contributed by atoms with Crippen molar-refractivity contribution < 1.29 is 0 Å². The molecule has 1 aromatic heterocycles. The van der Waals surface area contributed by atoms with Gasteiger partial charge in [0.25, 0.3) is 0 Å². The molecule has 1 aliphatic heterocycles. The molecule has 138 valence electrons. The number of nitroso groups, excluding NO2 is 1. The number of nitrogens with two attached hydrogens (primary N) is 1. The summed E-state index contributed by atoms with van der Waals surface area (Å²) >= 11 is 0. The Balaban J connectivity index is 1.75. The van der Waals surface area contributed by atoms with Crippen LogP contribution < -0.4 is 16.4 Å². The molecule has 0 spiro atoms. The number of rotatable bonds is 4. The molecule has 1 aromatic carbocycles. The number of nitrogens with zero attached hydrogens (tertiary/aromatic N) is 3. The third-order valence-electron chi connectivity index (χ3n) is 4.63. The van der Waals surface area contributed by atoms with E-state index in [9.17, 15) is 4.91 Å². The van der Waals surface area contributed by atoms with Crippen LogP contribution in [0.4, 0.5) is 17.2 Å². The Bertz CT molecular complexity index is 784. The van der Waals surface area contributed by atoms with Gasteiger partial charge < -0.3 is 16.4 Å². The summed E-state index contributed by atoms with van der Waals surface area (Å²) in [5.74, 6) is 0.747. The first-order valence-corrected chi connectivity index (χ1v) is 8.80. The fraction of sp³-hybridized carbons (Fsp3) is 0.474. The van der Waals surface area contributed by atoms with E-state index >= 15 is 0 Å². The fourth-order valence-electron chi connectivity index (χ4n) is 3.98. The third kappa shape index (κ3) is 4.16. The van der Waals surface area contributed by atoms with Crippen LogP contribution in [0.3, 0.4) is 0 Å². The van der Waals surface area contributed by atoms with Crippen LogP contribution in [0.2, 0.25) is 0 Å². The van der Waals surface area contributed by atoms with Gasteiger partial charge in [-0.1, -0.05) is 6.07 Å². The second kappa shape index (κ2) is 6.64. The fourth-order valence-corrected chi connectivity index (χ4v) is 3.98. The first kappa shape index (κ1) is 18.3. The molecule has 1 aliphatic rings. The second-order valence-electron chi connectivity index (χ2n) is 8.31. The quantitative estimate of drug-likeness (QED) is 0.569. The van der Waals surface area contributed by atoms with Gasteiger partial charge in [0.15, 0.2) is 0 Å². The van der Waals surface area contributed by atoms with Crippen molar-refractivity contribution >= 4 is 17.2 Å². The van der Waals surface area contributed by atoms with Crippen LogP contribution in [0, 0.1) is 4.91 Å². The van der Waals surface area contributed by atoms with Crippen molar-refractivity contribution in [3.8, 4) is 11.3 Å². The SMILES string of the molecule is CC1(C)CC(Nc2ccc(-c3ccc(N)c(N=O)c3)nn2)CC(C)(C)N1. The topological polar surface area (TPSA) is 105 Å². The number of aromatic nitrogens is 2. The van der Waals surface area contributed by atoms with E-state index in [2.05, 4.69) is 53.7 Å². The number of anilines is 2. The Morgan fingerprint density at radius 3 is 2.38 bits per heavy atom. The molecule has 26 heavy (non-hydrogen) atoms. The maximum absolute atomic E-state index is 10.8. The van der Waals surface area contributed by atoms with Gasteiger partial charge in [0.2, 0.25) is 0 Å². The van der Waals surface area contributed by atoms with Gasteiger partial charge in [-0.2, -0.15) is 0 Å². The zero-order valence-corrected chi connectivity index (χ0v) is 15.7. The minimum Gasteiger partial charge on any atom is -0.397 e. The first-order valence-electron chi connectivity index (χ1n) is 8.80. The monoisotopic (exact) mass is 354 g/mol. The van der Waals surface area contributed by atoms with Crippen LogP contribution in [0.5, 0.6) is 0 Å². The summed E-state index contributed by atoms with van der Waals surface area (Å²) in [6.07, 6.45) is 2.01. The van der Waals surface area contributed by atoms with E-state index in [1.54, 1.807) is 18.2 Å². The highest BCUT2D eigenvalue weighted by Crippen LogP contribution is 2.31. The van der Waals surface area contributed by atoms with E-state index in [1.807, 2.05) is 12.1 Å². The molecule has 0 unspecified atom stereocenters. The number of benzene rings is 1. The third-order valence-corrected chi connectivity index (χ3v) is 4.63. The van der Waals surface area contributed by atoms with Gasteiger partial charge >= 0.3 is 0 Å². The summed E-state index contributed by atoms with van der Waals surface area (Å²) in [4.78, 5) is 10.8. The summed E-state index contributed by atoms with van der Waals surface area (Å²) in [6, 6.07) is 9.19. The van der Waals surface area contributed by atoms with Crippen molar-refractivity contribution in [3.05, 3.63) is 35.2 Å². The van der Waals surface area contributed by atoms with Crippen molar-refractivity contribution in [3.63, 3.8) is 0 Å². The summed E-state index contributed by atoms with van der Waals surface area (Å²) in [7, 11) is 0. The minimum atomic E-state index is 0.0645. The minimum absolute atomic E-state index is 0.0645. The number of nitrogen functional groups attached to an aromatic ring is 1. The molecule has 3 rings (SSSR count). The average molecular weight is 354 g/mol. The van der Waals surface area contributed by atoms with Crippen molar-refractivity contribution in [1.82, 2.24) is 15.5 Å². The van der Waals surface area contributed by atoms with E-state index in [-0.39, 0.29) is 16.8 Å². The Morgan fingerprint density at radius 2 is 1.81 bits per heavy atom. The Labute approximate surface area is 153 Å². The standard InChI is InChI=1S/C19H26N6O/c1-18(2)10-13(11-19(3,4)25-18)21-17-8-7-15(22-23-17)12-5-6-14(20)16(9-12)24-26/h5-9,13,25H,10-11,20H2,1-4H3,(H,21,23). The smallest absolute Gasteiger partial charge is 0.148 e. The van der Waals surface area contributed by atoms with Gasteiger partial charge in [-0.3, -0.25) is 0 Å². The van der Waals surface area contributed by atoms with E-state index in [0.29, 0.717) is 17.4 Å². The summed E-state index contributed by atoms with van der Waals surface area (Å²) in [5.41, 5.74) is 7.83. The Kier molecular flexibility index (Phi) is 4.66. The predicted molar refractivity (Wildman–Crippen MR) is 105 cm³/mol. The van der Waals surface area contributed by atoms with Crippen LogP contribution in [0.15, 0.2) is 35.5 Å². The van der Waals surface area contributed by atoms with Gasteiger partial charge in [-0.05, 0) is 70.0 Å². The summed E-state index contributed by atoms with van der Waals surface area (Å²) < 4.78 is 0. The van der Waals surface area contributed by atoms with Crippen LogP contribution >= 0.6 is 0 Å². The lowest BCUT2D eigenvalue weighted by molar-refractivity contribution is 0.170. The van der Waals surface area contributed by atoms with Crippen LogP contribution in [0.1, 0.15) is 40.5 Å². The highest BCUT2D eigenvalue weighted by Gasteiger charge is 2.37. The zero-order chi connectivity index (χ0) is 18.9. The second-order valence-corrected chi connectivity index (χ2v) is 8.31. The molecule has 2 aromatic rings. The average Bonchev–Trinajstić information content (AvgIpc) is 2.53. The van der Waals surface area contributed by atoms with E-state index in [1.165, 1.54) is 0 Å². The summed E-state index contributed by atoms with van der Waals surface area (Å²) in [5, 5.41) is 18.7. The molecule has 1 saturated heterocycles. The van der Waals surface area contributed by atoms with Gasteiger partial charge in [0, 0.05) is 22.7 Å². The molecule has 0 saturated carbocycles. The van der Waals surface area contributed by atoms with Crippen LogP contribution in [0.25, 0.3) is 11.3 Å². The first-order chi connectivity index (χ1) is 12.2. The molecule has 0 bridgehead atoms. The molecule has 7 nitrogen and oxygen atoms in total. The van der Waals surface area contributed by atoms with Crippen molar-refractivity contribution in [2.45, 2.75) is 57.7 Å². The highest BCUT2D eigenvalue weighted by molar-refractivity contribution is 5.72. The van der Waals surface area contributed by atoms with Gasteiger partial charge in [-0.25, -0.2) is 0 Å². The maximum atomic E-state index is 10.8. The lowest BCUT2D eigenvalue weighted by atomic mass is 9.79. The lowest BCUT2D eigenvalue weighted by Crippen LogP contribution is -2.60. The molecule has 1 fully saturated rings. The Morgan fingerprint density at radius 1 is 1.12 bits per heavy atom. The maximum Gasteiger partial charge on any atom is 0.148 e. The van der Waals surface area contributed by atoms with Crippen molar-refractivity contribution in [1.29, 1.82) is 0 Å². The molecular formula is C19H26N6O. The van der Waals surface area contributed by atoms with Gasteiger partial charge in [0.05, 0.1) is 11.4 Å². The molecular weight excluding hydrogens is 328 g/mol. The van der Waals surface area contributed by atoms with E-state index < -0.39 is 0 Å². The van der Waals surface area contributed by atoms with Crippen LogP contribution in [-0.2, 0) is 0 Å². The largest absolute Gasteiger partial charge is 0.397 e. The van der Waals surface area contributed by atoms with Crippen molar-refractivity contribution in [2.24, 2.45) is 5.18 Å². The molecule has 0 aliphatic carbocycles. The predicted octanol–water partition coefficient (Wildman–Crippen LogP) is 3.84.